The third-order valence-electron chi connectivity index (χ3n) is 3.81. The lowest BCUT2D eigenvalue weighted by molar-refractivity contribution is -0.138. The van der Waals surface area contributed by atoms with Crippen LogP contribution in [0.3, 0.4) is 0 Å². The van der Waals surface area contributed by atoms with Gasteiger partial charge in [-0.2, -0.15) is 0 Å². The van der Waals surface area contributed by atoms with E-state index in [0.29, 0.717) is 13.0 Å². The molecular formula is C15H29N3O2. The van der Waals surface area contributed by atoms with Crippen molar-refractivity contribution >= 4 is 11.8 Å². The Morgan fingerprint density at radius 3 is 2.45 bits per heavy atom. The highest BCUT2D eigenvalue weighted by molar-refractivity contribution is 5.90. The topological polar surface area (TPSA) is 52.6 Å². The van der Waals surface area contributed by atoms with E-state index in [-0.39, 0.29) is 23.3 Å². The smallest absolute Gasteiger partial charge is 0.245 e. The first-order valence-corrected chi connectivity index (χ1v) is 7.37. The molecule has 1 saturated heterocycles. The molecule has 1 rings (SSSR count). The Kier molecular flexibility index (Phi) is 5.57. The Balaban J connectivity index is 2.84. The summed E-state index contributed by atoms with van der Waals surface area (Å²) in [5, 5.41) is 2.88. The standard InChI is InChI=1S/C15H29N3O2/c1-11(7-9-17(5)6)18-10-8-12(19)16-13(14(18)20)15(2,3)4/h11,13H,7-10H2,1-6H3,(H,16,19). The van der Waals surface area contributed by atoms with Gasteiger partial charge in [-0.3, -0.25) is 9.59 Å². The summed E-state index contributed by atoms with van der Waals surface area (Å²) in [5.41, 5.74) is -0.267. The van der Waals surface area contributed by atoms with Gasteiger partial charge < -0.3 is 15.1 Å². The Bertz CT molecular complexity index is 361. The van der Waals surface area contributed by atoms with Crippen LogP contribution < -0.4 is 5.32 Å². The predicted molar refractivity (Wildman–Crippen MR) is 80.3 cm³/mol. The van der Waals surface area contributed by atoms with Crippen LogP contribution in [0.15, 0.2) is 0 Å². The molecule has 2 amide bonds. The van der Waals surface area contributed by atoms with E-state index in [1.165, 1.54) is 0 Å². The van der Waals surface area contributed by atoms with Crippen LogP contribution in [0, 0.1) is 5.41 Å². The fourth-order valence-electron chi connectivity index (χ4n) is 2.42. The molecule has 0 aromatic rings. The van der Waals surface area contributed by atoms with Crippen LogP contribution in [-0.2, 0) is 9.59 Å². The van der Waals surface area contributed by atoms with Crippen molar-refractivity contribution in [3.05, 3.63) is 0 Å². The monoisotopic (exact) mass is 283 g/mol. The molecule has 1 heterocycles. The van der Waals surface area contributed by atoms with Gasteiger partial charge in [0.2, 0.25) is 11.8 Å². The van der Waals surface area contributed by atoms with Gasteiger partial charge in [0.05, 0.1) is 0 Å². The predicted octanol–water partition coefficient (Wildman–Crippen LogP) is 1.09. The first-order chi connectivity index (χ1) is 9.12. The molecule has 5 heteroatoms. The molecule has 20 heavy (non-hydrogen) atoms. The van der Waals surface area contributed by atoms with Gasteiger partial charge in [-0.1, -0.05) is 20.8 Å². The molecule has 1 fully saturated rings. The number of rotatable bonds is 4. The highest BCUT2D eigenvalue weighted by atomic mass is 16.2. The molecule has 0 radical (unpaired) electrons. The zero-order chi connectivity index (χ0) is 15.5. The number of nitrogens with zero attached hydrogens (tertiary/aromatic N) is 2. The van der Waals surface area contributed by atoms with Crippen molar-refractivity contribution in [3.8, 4) is 0 Å². The van der Waals surface area contributed by atoms with E-state index >= 15 is 0 Å². The molecule has 1 aliphatic rings. The van der Waals surface area contributed by atoms with Crippen molar-refractivity contribution < 1.29 is 9.59 Å². The molecule has 0 aromatic carbocycles. The van der Waals surface area contributed by atoms with Crippen molar-refractivity contribution in [1.82, 2.24) is 15.1 Å². The van der Waals surface area contributed by atoms with Crippen LogP contribution in [0.5, 0.6) is 0 Å². The number of carbonyl (C=O) groups excluding carboxylic acids is 2. The van der Waals surface area contributed by atoms with Crippen molar-refractivity contribution in [2.45, 2.75) is 52.6 Å². The van der Waals surface area contributed by atoms with Crippen LogP contribution >= 0.6 is 0 Å². The lowest BCUT2D eigenvalue weighted by Crippen LogP contribution is -2.53. The molecular weight excluding hydrogens is 254 g/mol. The van der Waals surface area contributed by atoms with Gasteiger partial charge in [-0.15, -0.1) is 0 Å². The first-order valence-electron chi connectivity index (χ1n) is 7.37. The molecule has 1 N–H and O–H groups in total. The Labute approximate surface area is 122 Å². The Morgan fingerprint density at radius 1 is 1.35 bits per heavy atom. The number of hydrogen-bond donors (Lipinski definition) is 1. The summed E-state index contributed by atoms with van der Waals surface area (Å²) in [5.74, 6) is 0.0233. The molecule has 1 aliphatic heterocycles. The fourth-order valence-corrected chi connectivity index (χ4v) is 2.42. The zero-order valence-electron chi connectivity index (χ0n) is 13.7. The molecule has 2 atom stereocenters. The van der Waals surface area contributed by atoms with Crippen molar-refractivity contribution in [1.29, 1.82) is 0 Å². The van der Waals surface area contributed by atoms with Crippen LogP contribution in [0.1, 0.15) is 40.5 Å². The maximum atomic E-state index is 12.7. The number of nitrogens with one attached hydrogen (secondary N) is 1. The minimum absolute atomic E-state index is 0.0272. The normalized spacial score (nSPS) is 22.8. The molecule has 0 aliphatic carbocycles. The third-order valence-corrected chi connectivity index (χ3v) is 3.81. The van der Waals surface area contributed by atoms with Gasteiger partial charge in [0.15, 0.2) is 0 Å². The van der Waals surface area contributed by atoms with Gasteiger partial charge in [0.1, 0.15) is 6.04 Å². The summed E-state index contributed by atoms with van der Waals surface area (Å²) in [4.78, 5) is 28.5. The largest absolute Gasteiger partial charge is 0.344 e. The molecule has 0 bridgehead atoms. The molecule has 5 nitrogen and oxygen atoms in total. The Morgan fingerprint density at radius 2 is 1.95 bits per heavy atom. The van der Waals surface area contributed by atoms with E-state index < -0.39 is 6.04 Å². The summed E-state index contributed by atoms with van der Waals surface area (Å²) in [7, 11) is 4.06. The Hall–Kier alpha value is -1.10. The number of hydrogen-bond acceptors (Lipinski definition) is 3. The molecule has 116 valence electrons. The SMILES string of the molecule is CC(CCN(C)C)N1CCC(=O)NC(C(C)(C)C)C1=O. The average molecular weight is 283 g/mol. The summed E-state index contributed by atoms with van der Waals surface area (Å²) < 4.78 is 0. The highest BCUT2D eigenvalue weighted by Gasteiger charge is 2.39. The number of amides is 2. The third kappa shape index (κ3) is 4.47. The van der Waals surface area contributed by atoms with Crippen molar-refractivity contribution in [2.75, 3.05) is 27.2 Å². The van der Waals surface area contributed by atoms with E-state index in [0.717, 1.165) is 13.0 Å². The van der Waals surface area contributed by atoms with Crippen molar-refractivity contribution in [3.63, 3.8) is 0 Å². The van der Waals surface area contributed by atoms with Gasteiger partial charge >= 0.3 is 0 Å². The maximum Gasteiger partial charge on any atom is 0.245 e. The second-order valence-corrected chi connectivity index (χ2v) is 7.09. The van der Waals surface area contributed by atoms with E-state index in [1.807, 2.05) is 39.8 Å². The lowest BCUT2D eigenvalue weighted by atomic mass is 9.85. The van der Waals surface area contributed by atoms with E-state index in [9.17, 15) is 9.59 Å². The van der Waals surface area contributed by atoms with Gasteiger partial charge in [-0.05, 0) is 39.4 Å². The van der Waals surface area contributed by atoms with Crippen LogP contribution in [0.2, 0.25) is 0 Å². The minimum atomic E-state index is -0.431. The molecule has 0 saturated carbocycles. The molecule has 0 aromatic heterocycles. The highest BCUT2D eigenvalue weighted by Crippen LogP contribution is 2.24. The molecule has 0 spiro atoms. The second-order valence-electron chi connectivity index (χ2n) is 7.09. The van der Waals surface area contributed by atoms with E-state index in [4.69, 9.17) is 0 Å². The minimum Gasteiger partial charge on any atom is -0.344 e. The van der Waals surface area contributed by atoms with E-state index in [2.05, 4.69) is 17.1 Å². The average Bonchev–Trinajstić information content (AvgIpc) is 2.45. The summed E-state index contributed by atoms with van der Waals surface area (Å²) in [6.45, 7) is 9.49. The second kappa shape index (κ2) is 6.57. The maximum absolute atomic E-state index is 12.7. The molecule has 2 unspecified atom stereocenters. The van der Waals surface area contributed by atoms with Gasteiger partial charge in [-0.25, -0.2) is 0 Å². The summed E-state index contributed by atoms with van der Waals surface area (Å²) in [6.07, 6.45) is 1.31. The van der Waals surface area contributed by atoms with Gasteiger partial charge in [0, 0.05) is 19.0 Å². The summed E-state index contributed by atoms with van der Waals surface area (Å²) in [6, 6.07) is -0.276. The van der Waals surface area contributed by atoms with E-state index in [1.54, 1.807) is 0 Å². The van der Waals surface area contributed by atoms with Crippen LogP contribution in [-0.4, -0.2) is 60.9 Å². The quantitative estimate of drug-likeness (QED) is 0.840. The fraction of sp³-hybridized carbons (Fsp3) is 0.867. The first kappa shape index (κ1) is 17.0. The van der Waals surface area contributed by atoms with Crippen LogP contribution in [0.25, 0.3) is 0 Å². The van der Waals surface area contributed by atoms with Crippen LogP contribution in [0.4, 0.5) is 0 Å². The number of carbonyl (C=O) groups is 2. The van der Waals surface area contributed by atoms with Crippen molar-refractivity contribution in [2.24, 2.45) is 5.41 Å². The zero-order valence-corrected chi connectivity index (χ0v) is 13.7. The van der Waals surface area contributed by atoms with Gasteiger partial charge in [0.25, 0.3) is 0 Å². The lowest BCUT2D eigenvalue weighted by Gasteiger charge is -2.35. The summed E-state index contributed by atoms with van der Waals surface area (Å²) >= 11 is 0.